The maximum absolute atomic E-state index is 5.03. The lowest BCUT2D eigenvalue weighted by molar-refractivity contribution is 0.122. The summed E-state index contributed by atoms with van der Waals surface area (Å²) in [5.74, 6) is 0.738. The van der Waals surface area contributed by atoms with Gasteiger partial charge in [0.15, 0.2) is 6.33 Å². The summed E-state index contributed by atoms with van der Waals surface area (Å²) >= 11 is 0. The third-order valence-corrected chi connectivity index (χ3v) is 3.86. The highest BCUT2D eigenvalue weighted by atomic mass is 16.5. The van der Waals surface area contributed by atoms with Crippen molar-refractivity contribution in [2.24, 2.45) is 0 Å². The molecule has 2 heterocycles. The molecule has 0 aromatic carbocycles. The highest BCUT2D eigenvalue weighted by Crippen LogP contribution is 2.19. The van der Waals surface area contributed by atoms with Crippen molar-refractivity contribution in [3.63, 3.8) is 0 Å². The smallest absolute Gasteiger partial charge is 0.227 e. The molecule has 5 heteroatoms. The van der Waals surface area contributed by atoms with Crippen LogP contribution in [0.2, 0.25) is 0 Å². The number of piperazine rings is 1. The first-order valence-electron chi connectivity index (χ1n) is 6.51. The fourth-order valence-corrected chi connectivity index (χ4v) is 2.52. The minimum atomic E-state index is 0.299. The summed E-state index contributed by atoms with van der Waals surface area (Å²) in [6.07, 6.45) is 4.68. The standard InChI is InChI=1S/C12H22N4O/c1-3-12(4-2)9-16(8-6-14-12)7-5-11-13-10-15-17-11/h10,14H,3-9H2,1-2H3. The van der Waals surface area contributed by atoms with Crippen LogP contribution in [0.15, 0.2) is 10.9 Å². The molecule has 5 nitrogen and oxygen atoms in total. The zero-order chi connectivity index (χ0) is 12.1. The molecule has 0 saturated carbocycles. The third kappa shape index (κ3) is 3.04. The van der Waals surface area contributed by atoms with Gasteiger partial charge in [0.1, 0.15) is 0 Å². The van der Waals surface area contributed by atoms with Gasteiger partial charge in [-0.05, 0) is 12.8 Å². The molecule has 17 heavy (non-hydrogen) atoms. The van der Waals surface area contributed by atoms with E-state index < -0.39 is 0 Å². The summed E-state index contributed by atoms with van der Waals surface area (Å²) in [6.45, 7) is 8.83. The van der Waals surface area contributed by atoms with Gasteiger partial charge in [-0.2, -0.15) is 4.98 Å². The fourth-order valence-electron chi connectivity index (χ4n) is 2.52. The molecule has 0 unspecified atom stereocenters. The van der Waals surface area contributed by atoms with E-state index in [2.05, 4.69) is 34.2 Å². The number of nitrogens with one attached hydrogen (secondary N) is 1. The van der Waals surface area contributed by atoms with Gasteiger partial charge in [0.05, 0.1) is 0 Å². The molecule has 0 atom stereocenters. The van der Waals surface area contributed by atoms with E-state index in [1.807, 2.05) is 0 Å². The third-order valence-electron chi connectivity index (χ3n) is 3.86. The normalized spacial score (nSPS) is 20.6. The van der Waals surface area contributed by atoms with E-state index in [1.165, 1.54) is 19.2 Å². The van der Waals surface area contributed by atoms with Gasteiger partial charge in [-0.3, -0.25) is 4.90 Å². The van der Waals surface area contributed by atoms with Gasteiger partial charge in [0, 0.05) is 38.1 Å². The van der Waals surface area contributed by atoms with Crippen LogP contribution in [0.5, 0.6) is 0 Å². The van der Waals surface area contributed by atoms with Crippen LogP contribution in [0.3, 0.4) is 0 Å². The highest BCUT2D eigenvalue weighted by Gasteiger charge is 2.31. The molecule has 1 N–H and O–H groups in total. The van der Waals surface area contributed by atoms with Crippen molar-refractivity contribution in [1.29, 1.82) is 0 Å². The predicted molar refractivity (Wildman–Crippen MR) is 65.8 cm³/mol. The SMILES string of the molecule is CCC1(CC)CN(CCc2ncno2)CCN1. The van der Waals surface area contributed by atoms with E-state index in [0.29, 0.717) is 5.54 Å². The molecule has 96 valence electrons. The van der Waals surface area contributed by atoms with Gasteiger partial charge >= 0.3 is 0 Å². The molecule has 1 aliphatic rings. The van der Waals surface area contributed by atoms with E-state index in [0.717, 1.165) is 38.5 Å². The van der Waals surface area contributed by atoms with Crippen molar-refractivity contribution < 1.29 is 4.52 Å². The molecule has 1 aliphatic heterocycles. The predicted octanol–water partition coefficient (Wildman–Crippen LogP) is 1.08. The van der Waals surface area contributed by atoms with Crippen molar-refractivity contribution in [2.45, 2.75) is 38.6 Å². The molecule has 1 aromatic rings. The van der Waals surface area contributed by atoms with Crippen LogP contribution >= 0.6 is 0 Å². The van der Waals surface area contributed by atoms with Crippen molar-refractivity contribution >= 4 is 0 Å². The Labute approximate surface area is 103 Å². The molecule has 0 bridgehead atoms. The zero-order valence-corrected chi connectivity index (χ0v) is 10.8. The lowest BCUT2D eigenvalue weighted by Gasteiger charge is -2.43. The van der Waals surface area contributed by atoms with Crippen LogP contribution in [0, 0.1) is 0 Å². The van der Waals surface area contributed by atoms with Crippen molar-refractivity contribution in [1.82, 2.24) is 20.4 Å². The summed E-state index contributed by atoms with van der Waals surface area (Å²) in [6, 6.07) is 0. The van der Waals surface area contributed by atoms with Crippen molar-refractivity contribution in [3.8, 4) is 0 Å². The second kappa shape index (κ2) is 5.60. The monoisotopic (exact) mass is 238 g/mol. The Kier molecular flexibility index (Phi) is 4.12. The lowest BCUT2D eigenvalue weighted by Crippen LogP contribution is -2.60. The molecular weight excluding hydrogens is 216 g/mol. The van der Waals surface area contributed by atoms with Crippen LogP contribution < -0.4 is 5.32 Å². The van der Waals surface area contributed by atoms with Crippen molar-refractivity contribution in [2.75, 3.05) is 26.2 Å². The Morgan fingerprint density at radius 3 is 2.94 bits per heavy atom. The van der Waals surface area contributed by atoms with Crippen LogP contribution in [0.4, 0.5) is 0 Å². The first kappa shape index (κ1) is 12.5. The molecule has 2 rings (SSSR count). The highest BCUT2D eigenvalue weighted by molar-refractivity contribution is 4.93. The Balaban J connectivity index is 1.85. The average Bonchev–Trinajstić information content (AvgIpc) is 2.90. The Morgan fingerprint density at radius 1 is 1.47 bits per heavy atom. The molecule has 1 saturated heterocycles. The number of hydrogen-bond acceptors (Lipinski definition) is 5. The fraction of sp³-hybridized carbons (Fsp3) is 0.833. The first-order chi connectivity index (χ1) is 8.28. The molecule has 0 aliphatic carbocycles. The minimum Gasteiger partial charge on any atom is -0.340 e. The summed E-state index contributed by atoms with van der Waals surface area (Å²) in [4.78, 5) is 6.55. The Hall–Kier alpha value is -0.940. The van der Waals surface area contributed by atoms with Crippen LogP contribution in [0.25, 0.3) is 0 Å². The van der Waals surface area contributed by atoms with Gasteiger partial charge in [0.2, 0.25) is 5.89 Å². The summed E-state index contributed by atoms with van der Waals surface area (Å²) < 4.78 is 5.03. The van der Waals surface area contributed by atoms with Gasteiger partial charge < -0.3 is 9.84 Å². The molecule has 0 amide bonds. The second-order valence-corrected chi connectivity index (χ2v) is 4.78. The summed E-state index contributed by atoms with van der Waals surface area (Å²) in [5, 5.41) is 7.29. The maximum atomic E-state index is 5.03. The summed E-state index contributed by atoms with van der Waals surface area (Å²) in [5.41, 5.74) is 0.299. The van der Waals surface area contributed by atoms with E-state index in [4.69, 9.17) is 4.52 Å². The quantitative estimate of drug-likeness (QED) is 0.832. The number of hydrogen-bond donors (Lipinski definition) is 1. The summed E-state index contributed by atoms with van der Waals surface area (Å²) in [7, 11) is 0. The topological polar surface area (TPSA) is 54.2 Å². The molecule has 1 aromatic heterocycles. The molecule has 0 radical (unpaired) electrons. The molecular formula is C12H22N4O. The number of rotatable bonds is 5. The number of aromatic nitrogens is 2. The minimum absolute atomic E-state index is 0.299. The van der Waals surface area contributed by atoms with Crippen LogP contribution in [-0.4, -0.2) is 46.8 Å². The Morgan fingerprint density at radius 2 is 2.29 bits per heavy atom. The van der Waals surface area contributed by atoms with Gasteiger partial charge in [-0.25, -0.2) is 0 Å². The second-order valence-electron chi connectivity index (χ2n) is 4.78. The Bertz CT molecular complexity index is 321. The van der Waals surface area contributed by atoms with E-state index in [-0.39, 0.29) is 0 Å². The molecule has 0 spiro atoms. The van der Waals surface area contributed by atoms with Gasteiger partial charge in [-0.15, -0.1) is 0 Å². The van der Waals surface area contributed by atoms with Crippen molar-refractivity contribution in [3.05, 3.63) is 12.2 Å². The largest absolute Gasteiger partial charge is 0.340 e. The first-order valence-corrected chi connectivity index (χ1v) is 6.51. The maximum Gasteiger partial charge on any atom is 0.227 e. The lowest BCUT2D eigenvalue weighted by atomic mass is 9.90. The molecule has 1 fully saturated rings. The van der Waals surface area contributed by atoms with Gasteiger partial charge in [0.25, 0.3) is 0 Å². The average molecular weight is 238 g/mol. The zero-order valence-electron chi connectivity index (χ0n) is 10.8. The van der Waals surface area contributed by atoms with E-state index >= 15 is 0 Å². The number of nitrogens with zero attached hydrogens (tertiary/aromatic N) is 3. The van der Waals surface area contributed by atoms with Gasteiger partial charge in [-0.1, -0.05) is 19.0 Å². The van der Waals surface area contributed by atoms with Crippen LogP contribution in [0.1, 0.15) is 32.6 Å². The van der Waals surface area contributed by atoms with E-state index in [9.17, 15) is 0 Å². The van der Waals surface area contributed by atoms with E-state index in [1.54, 1.807) is 0 Å². The van der Waals surface area contributed by atoms with Crippen LogP contribution in [-0.2, 0) is 6.42 Å².